The molecular weight excluding hydrogens is 299 g/mol. The lowest BCUT2D eigenvalue weighted by molar-refractivity contribution is 0.0923. The number of amides is 1. The summed E-state index contributed by atoms with van der Waals surface area (Å²) < 4.78 is 40.1. The Kier molecular flexibility index (Phi) is 4.60. The number of halogens is 1. The minimum atomic E-state index is -3.97. The predicted molar refractivity (Wildman–Crippen MR) is 73.8 cm³/mol. The molecule has 2 rings (SSSR count). The van der Waals surface area contributed by atoms with Crippen molar-refractivity contribution in [2.45, 2.75) is 36.8 Å². The second kappa shape index (κ2) is 6.08. The summed E-state index contributed by atoms with van der Waals surface area (Å²) in [7, 11) is -3.97. The van der Waals surface area contributed by atoms with Gasteiger partial charge in [-0.1, -0.05) is 0 Å². The van der Waals surface area contributed by atoms with Crippen molar-refractivity contribution >= 4 is 15.9 Å². The Morgan fingerprint density at radius 1 is 1.48 bits per heavy atom. The van der Waals surface area contributed by atoms with Crippen LogP contribution in [0.1, 0.15) is 30.1 Å². The molecule has 0 heterocycles. The van der Waals surface area contributed by atoms with Crippen LogP contribution >= 0.6 is 0 Å². The van der Waals surface area contributed by atoms with E-state index in [2.05, 4.69) is 10.0 Å². The topological polar surface area (TPSA) is 95.5 Å². The SMILES string of the molecule is CC(O)CNC(=O)c1ccc(F)c(S(=O)(=O)NC2CC2)c1. The number of sulfonamides is 1. The van der Waals surface area contributed by atoms with E-state index < -0.39 is 32.7 Å². The van der Waals surface area contributed by atoms with Crippen molar-refractivity contribution in [3.05, 3.63) is 29.6 Å². The Bertz CT molecular complexity index is 642. The lowest BCUT2D eigenvalue weighted by Gasteiger charge is -2.10. The number of hydrogen-bond donors (Lipinski definition) is 3. The first kappa shape index (κ1) is 15.9. The van der Waals surface area contributed by atoms with Crippen molar-refractivity contribution in [1.82, 2.24) is 10.0 Å². The average molecular weight is 316 g/mol. The van der Waals surface area contributed by atoms with Crippen molar-refractivity contribution in [2.24, 2.45) is 0 Å². The van der Waals surface area contributed by atoms with Crippen molar-refractivity contribution in [2.75, 3.05) is 6.54 Å². The molecule has 8 heteroatoms. The number of carbonyl (C=O) groups is 1. The highest BCUT2D eigenvalue weighted by atomic mass is 32.2. The smallest absolute Gasteiger partial charge is 0.251 e. The van der Waals surface area contributed by atoms with Gasteiger partial charge in [-0.25, -0.2) is 17.5 Å². The van der Waals surface area contributed by atoms with E-state index in [1.165, 1.54) is 13.0 Å². The highest BCUT2D eigenvalue weighted by Crippen LogP contribution is 2.23. The molecule has 0 bridgehead atoms. The Balaban J connectivity index is 2.22. The molecule has 1 fully saturated rings. The first-order valence-electron chi connectivity index (χ1n) is 6.58. The van der Waals surface area contributed by atoms with Crippen LogP contribution < -0.4 is 10.0 Å². The van der Waals surface area contributed by atoms with Crippen LogP contribution in [0.15, 0.2) is 23.1 Å². The van der Waals surface area contributed by atoms with Gasteiger partial charge in [0.05, 0.1) is 6.10 Å². The maximum atomic E-state index is 13.7. The van der Waals surface area contributed by atoms with Crippen LogP contribution in [-0.4, -0.2) is 38.1 Å². The van der Waals surface area contributed by atoms with Gasteiger partial charge >= 0.3 is 0 Å². The van der Waals surface area contributed by atoms with Crippen LogP contribution in [0.2, 0.25) is 0 Å². The summed E-state index contributed by atoms with van der Waals surface area (Å²) in [6.45, 7) is 1.53. The quantitative estimate of drug-likeness (QED) is 0.707. The van der Waals surface area contributed by atoms with Crippen LogP contribution in [-0.2, 0) is 10.0 Å². The van der Waals surface area contributed by atoms with Gasteiger partial charge in [-0.05, 0) is 38.0 Å². The van der Waals surface area contributed by atoms with Gasteiger partial charge in [0.25, 0.3) is 5.91 Å². The summed E-state index contributed by atoms with van der Waals surface area (Å²) in [5, 5.41) is 11.5. The molecule has 1 aliphatic rings. The van der Waals surface area contributed by atoms with Gasteiger partial charge in [0.1, 0.15) is 10.7 Å². The molecule has 1 unspecified atom stereocenters. The Labute approximate surface area is 122 Å². The molecule has 21 heavy (non-hydrogen) atoms. The molecule has 0 aliphatic heterocycles. The highest BCUT2D eigenvalue weighted by Gasteiger charge is 2.30. The molecule has 1 saturated carbocycles. The third-order valence-electron chi connectivity index (χ3n) is 2.94. The van der Waals surface area contributed by atoms with E-state index in [-0.39, 0.29) is 18.2 Å². The van der Waals surface area contributed by atoms with Gasteiger partial charge in [-0.15, -0.1) is 0 Å². The first-order valence-corrected chi connectivity index (χ1v) is 8.06. The normalized spacial score (nSPS) is 16.5. The first-order chi connectivity index (χ1) is 9.79. The molecule has 1 aliphatic carbocycles. The Morgan fingerprint density at radius 3 is 2.71 bits per heavy atom. The third kappa shape index (κ3) is 4.23. The summed E-state index contributed by atoms with van der Waals surface area (Å²) in [4.78, 5) is 11.3. The van der Waals surface area contributed by atoms with Gasteiger partial charge in [0.15, 0.2) is 0 Å². The van der Waals surface area contributed by atoms with E-state index in [0.717, 1.165) is 25.0 Å². The molecule has 116 valence electrons. The zero-order valence-corrected chi connectivity index (χ0v) is 12.3. The monoisotopic (exact) mass is 316 g/mol. The van der Waals surface area contributed by atoms with Gasteiger partial charge in [-0.3, -0.25) is 4.79 Å². The van der Waals surface area contributed by atoms with Crippen LogP contribution in [0.5, 0.6) is 0 Å². The fourth-order valence-corrected chi connectivity index (χ4v) is 3.09. The summed E-state index contributed by atoms with van der Waals surface area (Å²) >= 11 is 0. The second-order valence-corrected chi connectivity index (χ2v) is 6.78. The molecule has 0 radical (unpaired) electrons. The number of hydrogen-bond acceptors (Lipinski definition) is 4. The number of aliphatic hydroxyl groups excluding tert-OH is 1. The van der Waals surface area contributed by atoms with E-state index >= 15 is 0 Å². The van der Waals surface area contributed by atoms with Crippen molar-refractivity contribution < 1.29 is 22.7 Å². The van der Waals surface area contributed by atoms with E-state index in [0.29, 0.717) is 0 Å². The number of aliphatic hydroxyl groups is 1. The van der Waals surface area contributed by atoms with Crippen molar-refractivity contribution in [1.29, 1.82) is 0 Å². The molecular formula is C13H17FN2O4S. The molecule has 1 aromatic carbocycles. The number of rotatable bonds is 6. The van der Waals surface area contributed by atoms with Gasteiger partial charge in [-0.2, -0.15) is 0 Å². The molecule has 6 nitrogen and oxygen atoms in total. The highest BCUT2D eigenvalue weighted by molar-refractivity contribution is 7.89. The molecule has 0 saturated heterocycles. The van der Waals surface area contributed by atoms with Gasteiger partial charge < -0.3 is 10.4 Å². The molecule has 1 amide bonds. The van der Waals surface area contributed by atoms with Gasteiger partial charge in [0, 0.05) is 18.2 Å². The standard InChI is InChI=1S/C13H17FN2O4S/c1-8(17)7-15-13(18)9-2-5-11(14)12(6-9)21(19,20)16-10-3-4-10/h2,5-6,8,10,16-17H,3-4,7H2,1H3,(H,15,18). The summed E-state index contributed by atoms with van der Waals surface area (Å²) in [6, 6.07) is 2.99. The van der Waals surface area contributed by atoms with Crippen LogP contribution in [0.25, 0.3) is 0 Å². The molecule has 0 spiro atoms. The molecule has 1 aromatic rings. The Hall–Kier alpha value is -1.51. The maximum Gasteiger partial charge on any atom is 0.251 e. The van der Waals surface area contributed by atoms with E-state index in [4.69, 9.17) is 5.11 Å². The van der Waals surface area contributed by atoms with Crippen molar-refractivity contribution in [3.8, 4) is 0 Å². The Morgan fingerprint density at radius 2 is 2.14 bits per heavy atom. The predicted octanol–water partition coefficient (Wildman–Crippen LogP) is 0.377. The fraction of sp³-hybridized carbons (Fsp3) is 0.462. The lowest BCUT2D eigenvalue weighted by Crippen LogP contribution is -2.31. The zero-order chi connectivity index (χ0) is 15.6. The third-order valence-corrected chi connectivity index (χ3v) is 4.48. The maximum absolute atomic E-state index is 13.7. The minimum Gasteiger partial charge on any atom is -0.392 e. The summed E-state index contributed by atoms with van der Waals surface area (Å²) in [5.41, 5.74) is 0.0215. The fourth-order valence-electron chi connectivity index (χ4n) is 1.68. The van der Waals surface area contributed by atoms with Crippen LogP contribution in [0.4, 0.5) is 4.39 Å². The van der Waals surface area contributed by atoms with E-state index in [1.54, 1.807) is 0 Å². The van der Waals surface area contributed by atoms with E-state index in [9.17, 15) is 17.6 Å². The molecule has 3 N–H and O–H groups in total. The minimum absolute atomic E-state index is 0.0215. The summed E-state index contributed by atoms with van der Waals surface area (Å²) in [6.07, 6.45) is 0.735. The number of nitrogens with one attached hydrogen (secondary N) is 2. The van der Waals surface area contributed by atoms with Crippen LogP contribution in [0.3, 0.4) is 0 Å². The van der Waals surface area contributed by atoms with Gasteiger partial charge in [0.2, 0.25) is 10.0 Å². The molecule has 1 atom stereocenters. The lowest BCUT2D eigenvalue weighted by atomic mass is 10.2. The number of benzene rings is 1. The number of carbonyl (C=O) groups excluding carboxylic acids is 1. The van der Waals surface area contributed by atoms with Crippen molar-refractivity contribution in [3.63, 3.8) is 0 Å². The van der Waals surface area contributed by atoms with E-state index in [1.807, 2.05) is 0 Å². The zero-order valence-electron chi connectivity index (χ0n) is 11.5. The average Bonchev–Trinajstić information content (AvgIpc) is 3.19. The summed E-state index contributed by atoms with van der Waals surface area (Å²) in [5.74, 6) is -1.48. The van der Waals surface area contributed by atoms with Crippen LogP contribution in [0, 0.1) is 5.82 Å². The molecule has 0 aromatic heterocycles. The second-order valence-electron chi connectivity index (χ2n) is 5.10. The largest absolute Gasteiger partial charge is 0.392 e.